The monoisotopic (exact) mass is 297 g/mol. The number of rotatable bonds is 6. The maximum atomic E-state index is 12.2. The number of carbonyl (C=O) groups excluding carboxylic acids is 1. The molecule has 0 aromatic rings. The van der Waals surface area contributed by atoms with Crippen LogP contribution in [0.4, 0.5) is 4.79 Å². The number of likely N-dealkylation sites (tertiary alicyclic amines) is 1. The quantitative estimate of drug-likeness (QED) is 0.773. The Morgan fingerprint density at radius 3 is 2.43 bits per heavy atom. The van der Waals surface area contributed by atoms with Gasteiger partial charge in [0.2, 0.25) is 0 Å². The molecule has 2 fully saturated rings. The molecule has 1 heterocycles. The summed E-state index contributed by atoms with van der Waals surface area (Å²) >= 11 is 0. The molecule has 2 aliphatic rings. The van der Waals surface area contributed by atoms with Crippen molar-refractivity contribution >= 4 is 12.0 Å². The predicted octanol–water partition coefficient (Wildman–Crippen LogP) is 1.22. The topological polar surface area (TPSA) is 72.9 Å². The summed E-state index contributed by atoms with van der Waals surface area (Å²) in [5.74, 6) is 0.0581. The minimum Gasteiger partial charge on any atom is -0.481 e. The lowest BCUT2D eigenvalue weighted by atomic mass is 9.97. The summed E-state index contributed by atoms with van der Waals surface area (Å²) in [4.78, 5) is 27.1. The summed E-state index contributed by atoms with van der Waals surface area (Å²) in [6, 6.07) is -0.345. The smallest absolute Gasteiger partial charge is 0.317 e. The largest absolute Gasteiger partial charge is 0.481 e. The predicted molar refractivity (Wildman–Crippen MR) is 80.1 cm³/mol. The van der Waals surface area contributed by atoms with Gasteiger partial charge in [-0.05, 0) is 57.7 Å². The molecule has 2 rings (SSSR count). The number of nitrogens with zero attached hydrogens (tertiary/aromatic N) is 2. The standard InChI is InChI=1S/C15H27N3O3/c1-17-7-5-11(6-8-17)10-18(2)15(21)16-13(9-14(19)20)12-3-4-12/h11-13H,3-10H2,1-2H3,(H,16,21)(H,19,20). The molecule has 1 saturated carbocycles. The lowest BCUT2D eigenvalue weighted by Crippen LogP contribution is -2.47. The van der Waals surface area contributed by atoms with Crippen molar-refractivity contribution in [2.45, 2.75) is 38.1 Å². The third kappa shape index (κ3) is 5.19. The highest BCUT2D eigenvalue weighted by atomic mass is 16.4. The molecular weight excluding hydrogens is 270 g/mol. The van der Waals surface area contributed by atoms with E-state index in [0.29, 0.717) is 11.8 Å². The van der Waals surface area contributed by atoms with Gasteiger partial charge < -0.3 is 20.2 Å². The van der Waals surface area contributed by atoms with E-state index in [1.54, 1.807) is 11.9 Å². The summed E-state index contributed by atoms with van der Waals surface area (Å²) in [6.07, 6.45) is 4.32. The van der Waals surface area contributed by atoms with Gasteiger partial charge in [-0.2, -0.15) is 0 Å². The first-order chi connectivity index (χ1) is 9.95. The number of urea groups is 1. The van der Waals surface area contributed by atoms with E-state index in [0.717, 1.165) is 45.3 Å². The van der Waals surface area contributed by atoms with E-state index in [1.807, 2.05) is 0 Å². The third-order valence-corrected chi connectivity index (χ3v) is 4.61. The van der Waals surface area contributed by atoms with Crippen molar-refractivity contribution in [3.05, 3.63) is 0 Å². The van der Waals surface area contributed by atoms with E-state index < -0.39 is 5.97 Å². The SMILES string of the molecule is CN1CCC(CN(C)C(=O)NC(CC(=O)O)C2CC2)CC1. The summed E-state index contributed by atoms with van der Waals surface area (Å²) < 4.78 is 0. The molecule has 2 amide bonds. The molecule has 0 spiro atoms. The average molecular weight is 297 g/mol. The molecular formula is C15H27N3O3. The molecule has 1 aliphatic carbocycles. The molecule has 0 aromatic carbocycles. The Bertz CT molecular complexity index is 376. The summed E-state index contributed by atoms with van der Waals surface area (Å²) in [7, 11) is 3.93. The number of nitrogens with one attached hydrogen (secondary N) is 1. The number of hydrogen-bond donors (Lipinski definition) is 2. The van der Waals surface area contributed by atoms with Crippen LogP contribution in [0.2, 0.25) is 0 Å². The fraction of sp³-hybridized carbons (Fsp3) is 0.867. The van der Waals surface area contributed by atoms with Gasteiger partial charge in [0.25, 0.3) is 0 Å². The fourth-order valence-electron chi connectivity index (χ4n) is 3.01. The number of carboxylic acids is 1. The zero-order valence-corrected chi connectivity index (χ0v) is 13.0. The number of carbonyl (C=O) groups is 2. The Labute approximate surface area is 126 Å². The summed E-state index contributed by atoms with van der Waals surface area (Å²) in [5.41, 5.74) is 0. The fourth-order valence-corrected chi connectivity index (χ4v) is 3.01. The maximum Gasteiger partial charge on any atom is 0.317 e. The zero-order chi connectivity index (χ0) is 15.4. The molecule has 1 atom stereocenters. The molecule has 0 aromatic heterocycles. The van der Waals surface area contributed by atoms with Crippen LogP contribution >= 0.6 is 0 Å². The average Bonchev–Trinajstić information content (AvgIpc) is 3.24. The van der Waals surface area contributed by atoms with Gasteiger partial charge in [-0.15, -0.1) is 0 Å². The molecule has 0 bridgehead atoms. The number of aliphatic carboxylic acids is 1. The Hall–Kier alpha value is -1.30. The molecule has 1 saturated heterocycles. The van der Waals surface area contributed by atoms with Crippen molar-refractivity contribution in [2.24, 2.45) is 11.8 Å². The van der Waals surface area contributed by atoms with Gasteiger partial charge in [-0.3, -0.25) is 4.79 Å². The van der Waals surface area contributed by atoms with E-state index in [2.05, 4.69) is 17.3 Å². The zero-order valence-electron chi connectivity index (χ0n) is 13.0. The Morgan fingerprint density at radius 2 is 1.90 bits per heavy atom. The molecule has 120 valence electrons. The van der Waals surface area contributed by atoms with Crippen molar-refractivity contribution in [1.29, 1.82) is 0 Å². The maximum absolute atomic E-state index is 12.2. The van der Waals surface area contributed by atoms with E-state index >= 15 is 0 Å². The van der Waals surface area contributed by atoms with Crippen LogP contribution in [-0.2, 0) is 4.79 Å². The molecule has 21 heavy (non-hydrogen) atoms. The Morgan fingerprint density at radius 1 is 1.29 bits per heavy atom. The van der Waals surface area contributed by atoms with Gasteiger partial charge in [-0.25, -0.2) is 4.79 Å². The van der Waals surface area contributed by atoms with Crippen LogP contribution in [0.3, 0.4) is 0 Å². The van der Waals surface area contributed by atoms with Crippen LogP contribution in [0.5, 0.6) is 0 Å². The molecule has 6 heteroatoms. The number of amides is 2. The van der Waals surface area contributed by atoms with Crippen LogP contribution in [0.15, 0.2) is 0 Å². The van der Waals surface area contributed by atoms with Crippen LogP contribution in [0, 0.1) is 11.8 Å². The van der Waals surface area contributed by atoms with Crippen molar-refractivity contribution in [3.8, 4) is 0 Å². The third-order valence-electron chi connectivity index (χ3n) is 4.61. The molecule has 1 unspecified atom stereocenters. The van der Waals surface area contributed by atoms with E-state index in [-0.39, 0.29) is 18.5 Å². The molecule has 1 aliphatic heterocycles. The highest BCUT2D eigenvalue weighted by Crippen LogP contribution is 2.34. The second kappa shape index (κ2) is 7.11. The first kappa shape index (κ1) is 16.1. The van der Waals surface area contributed by atoms with E-state index in [4.69, 9.17) is 5.11 Å². The van der Waals surface area contributed by atoms with Gasteiger partial charge in [-0.1, -0.05) is 0 Å². The van der Waals surface area contributed by atoms with Crippen molar-refractivity contribution in [1.82, 2.24) is 15.1 Å². The van der Waals surface area contributed by atoms with Gasteiger partial charge in [0, 0.05) is 19.6 Å². The second-order valence-electron chi connectivity index (χ2n) is 6.62. The highest BCUT2D eigenvalue weighted by Gasteiger charge is 2.34. The van der Waals surface area contributed by atoms with Gasteiger partial charge in [0.1, 0.15) is 0 Å². The van der Waals surface area contributed by atoms with Crippen molar-refractivity contribution < 1.29 is 14.7 Å². The Kier molecular flexibility index (Phi) is 5.45. The van der Waals surface area contributed by atoms with E-state index in [1.165, 1.54) is 0 Å². The minimum absolute atomic E-state index is 0.0263. The molecule has 0 radical (unpaired) electrons. The summed E-state index contributed by atoms with van der Waals surface area (Å²) in [6.45, 7) is 2.93. The highest BCUT2D eigenvalue weighted by molar-refractivity contribution is 5.75. The van der Waals surface area contributed by atoms with Crippen LogP contribution < -0.4 is 5.32 Å². The van der Waals surface area contributed by atoms with Crippen LogP contribution in [-0.4, -0.2) is 66.7 Å². The summed E-state index contributed by atoms with van der Waals surface area (Å²) in [5, 5.41) is 11.8. The van der Waals surface area contributed by atoms with Crippen LogP contribution in [0.1, 0.15) is 32.1 Å². The minimum atomic E-state index is -0.842. The number of carboxylic acid groups (broad SMARTS) is 1. The number of hydrogen-bond acceptors (Lipinski definition) is 3. The van der Waals surface area contributed by atoms with Crippen molar-refractivity contribution in [3.63, 3.8) is 0 Å². The first-order valence-corrected chi connectivity index (χ1v) is 7.87. The lowest BCUT2D eigenvalue weighted by molar-refractivity contribution is -0.137. The van der Waals surface area contributed by atoms with Gasteiger partial charge >= 0.3 is 12.0 Å². The van der Waals surface area contributed by atoms with E-state index in [9.17, 15) is 9.59 Å². The normalized spacial score (nSPS) is 21.8. The lowest BCUT2D eigenvalue weighted by Gasteiger charge is -2.32. The van der Waals surface area contributed by atoms with Gasteiger partial charge in [0.15, 0.2) is 0 Å². The number of piperidine rings is 1. The van der Waals surface area contributed by atoms with Crippen LogP contribution in [0.25, 0.3) is 0 Å². The first-order valence-electron chi connectivity index (χ1n) is 7.87. The second-order valence-corrected chi connectivity index (χ2v) is 6.62. The molecule has 6 nitrogen and oxygen atoms in total. The van der Waals surface area contributed by atoms with Crippen molar-refractivity contribution in [2.75, 3.05) is 33.7 Å². The Balaban J connectivity index is 1.76. The van der Waals surface area contributed by atoms with Gasteiger partial charge in [0.05, 0.1) is 6.42 Å². The molecule has 2 N–H and O–H groups in total.